The van der Waals surface area contributed by atoms with Crippen LogP contribution in [0.1, 0.15) is 44.7 Å². The molecule has 0 amide bonds. The number of sulfonamides is 1. The van der Waals surface area contributed by atoms with Crippen LogP contribution >= 0.6 is 0 Å². The van der Waals surface area contributed by atoms with Crippen LogP contribution in [0.3, 0.4) is 0 Å². The summed E-state index contributed by atoms with van der Waals surface area (Å²) in [6.07, 6.45) is 2.90. The molecule has 0 aromatic heterocycles. The normalized spacial score (nSPS) is 16.0. The summed E-state index contributed by atoms with van der Waals surface area (Å²) < 4.78 is 43.5. The molecule has 26 heavy (non-hydrogen) atoms. The van der Waals surface area contributed by atoms with Gasteiger partial charge in [-0.3, -0.25) is 0 Å². The second-order valence-electron chi connectivity index (χ2n) is 7.15. The lowest BCUT2D eigenvalue weighted by molar-refractivity contribution is -0.0298. The molecule has 0 bridgehead atoms. The van der Waals surface area contributed by atoms with Crippen molar-refractivity contribution in [1.82, 2.24) is 4.72 Å². The first-order chi connectivity index (χ1) is 12.4. The number of hydrogen-bond acceptors (Lipinski definition) is 5. The molecule has 1 aliphatic carbocycles. The average Bonchev–Trinajstić information content (AvgIpc) is 3.42. The molecule has 2 rings (SSSR count). The maximum atomic E-state index is 12.4. The summed E-state index contributed by atoms with van der Waals surface area (Å²) >= 11 is 0. The summed E-state index contributed by atoms with van der Waals surface area (Å²) in [4.78, 5) is 0. The van der Waals surface area contributed by atoms with Crippen molar-refractivity contribution in [3.63, 3.8) is 0 Å². The Bertz CT molecular complexity index is 643. The van der Waals surface area contributed by atoms with E-state index in [2.05, 4.69) is 4.72 Å². The molecule has 1 atom stereocenters. The summed E-state index contributed by atoms with van der Waals surface area (Å²) in [5.41, 5.74) is 0.924. The molecule has 1 aromatic carbocycles. The minimum absolute atomic E-state index is 0.0256. The number of ether oxygens (including phenoxy) is 3. The number of benzene rings is 1. The van der Waals surface area contributed by atoms with Gasteiger partial charge < -0.3 is 14.2 Å². The zero-order valence-corrected chi connectivity index (χ0v) is 16.8. The molecule has 7 heteroatoms. The van der Waals surface area contributed by atoms with Crippen molar-refractivity contribution in [3.05, 3.63) is 29.8 Å². The molecule has 0 spiro atoms. The molecule has 1 aromatic rings. The van der Waals surface area contributed by atoms with E-state index in [9.17, 15) is 8.42 Å². The molecule has 0 radical (unpaired) electrons. The second-order valence-corrected chi connectivity index (χ2v) is 9.03. The topological polar surface area (TPSA) is 73.9 Å². The third-order valence-electron chi connectivity index (χ3n) is 4.28. The summed E-state index contributed by atoms with van der Waals surface area (Å²) in [5, 5.41) is 0. The van der Waals surface area contributed by atoms with Crippen molar-refractivity contribution in [2.75, 3.05) is 32.9 Å². The van der Waals surface area contributed by atoms with Gasteiger partial charge in [0.1, 0.15) is 12.5 Å². The maximum absolute atomic E-state index is 12.4. The molecule has 0 saturated heterocycles. The Labute approximate surface area is 157 Å². The molecular formula is C19H31NO5S. The molecule has 6 nitrogen and oxygen atoms in total. The lowest BCUT2D eigenvalue weighted by Crippen LogP contribution is -2.33. The van der Waals surface area contributed by atoms with E-state index in [1.165, 1.54) is 20.0 Å². The fourth-order valence-electron chi connectivity index (χ4n) is 2.63. The van der Waals surface area contributed by atoms with Gasteiger partial charge in [-0.15, -0.1) is 0 Å². The van der Waals surface area contributed by atoms with E-state index in [-0.39, 0.29) is 24.5 Å². The number of rotatable bonds is 13. The third kappa shape index (κ3) is 7.61. The van der Waals surface area contributed by atoms with Gasteiger partial charge in [0, 0.05) is 13.2 Å². The van der Waals surface area contributed by atoms with E-state index in [1.54, 1.807) is 0 Å². The van der Waals surface area contributed by atoms with Gasteiger partial charge in [0.25, 0.3) is 0 Å². The molecule has 1 unspecified atom stereocenters. The predicted molar refractivity (Wildman–Crippen MR) is 102 cm³/mol. The summed E-state index contributed by atoms with van der Waals surface area (Å²) in [6.45, 7) is 5.28. The Morgan fingerprint density at radius 2 is 2.04 bits per heavy atom. The summed E-state index contributed by atoms with van der Waals surface area (Å²) in [6, 6.07) is 7.44. The van der Waals surface area contributed by atoms with Gasteiger partial charge in [-0.2, -0.15) is 0 Å². The van der Waals surface area contributed by atoms with Crippen molar-refractivity contribution < 1.29 is 22.6 Å². The van der Waals surface area contributed by atoms with Crippen molar-refractivity contribution in [1.29, 1.82) is 0 Å². The molecule has 1 saturated carbocycles. The SMILES string of the molecule is COCOCCCS(=O)(=O)NC(c1cccc(OCC2CC2)c1)C(C)C. The molecular weight excluding hydrogens is 354 g/mol. The minimum Gasteiger partial charge on any atom is -0.493 e. The van der Waals surface area contributed by atoms with E-state index < -0.39 is 10.0 Å². The van der Waals surface area contributed by atoms with Gasteiger partial charge in [-0.05, 0) is 48.8 Å². The number of hydrogen-bond donors (Lipinski definition) is 1. The van der Waals surface area contributed by atoms with Crippen molar-refractivity contribution in [2.45, 2.75) is 39.2 Å². The van der Waals surface area contributed by atoms with Crippen LogP contribution in [-0.4, -0.2) is 41.3 Å². The monoisotopic (exact) mass is 385 g/mol. The predicted octanol–water partition coefficient (Wildman–Crippen LogP) is 3.10. The molecule has 148 valence electrons. The molecule has 1 N–H and O–H groups in total. The Morgan fingerprint density at radius 1 is 1.27 bits per heavy atom. The van der Waals surface area contributed by atoms with Gasteiger partial charge >= 0.3 is 0 Å². The molecule has 0 heterocycles. The van der Waals surface area contributed by atoms with E-state index in [0.717, 1.165) is 17.9 Å². The summed E-state index contributed by atoms with van der Waals surface area (Å²) in [5.74, 6) is 1.62. The smallest absolute Gasteiger partial charge is 0.212 e. The second kappa shape index (κ2) is 10.3. The first-order valence-electron chi connectivity index (χ1n) is 9.20. The fourth-order valence-corrected chi connectivity index (χ4v) is 4.04. The quantitative estimate of drug-likeness (QED) is 0.417. The van der Waals surface area contributed by atoms with Crippen LogP contribution in [0, 0.1) is 11.8 Å². The average molecular weight is 386 g/mol. The minimum atomic E-state index is -3.40. The Kier molecular flexibility index (Phi) is 8.34. The lowest BCUT2D eigenvalue weighted by atomic mass is 9.97. The van der Waals surface area contributed by atoms with E-state index in [0.29, 0.717) is 18.9 Å². The Morgan fingerprint density at radius 3 is 2.69 bits per heavy atom. The number of methoxy groups -OCH3 is 1. The van der Waals surface area contributed by atoms with Crippen LogP contribution in [0.25, 0.3) is 0 Å². The first-order valence-corrected chi connectivity index (χ1v) is 10.9. The lowest BCUT2D eigenvalue weighted by Gasteiger charge is -2.23. The van der Waals surface area contributed by atoms with Crippen LogP contribution in [0.15, 0.2) is 24.3 Å². The maximum Gasteiger partial charge on any atom is 0.212 e. The first kappa shape index (κ1) is 21.2. The summed E-state index contributed by atoms with van der Waals surface area (Å²) in [7, 11) is -1.87. The zero-order chi connectivity index (χ0) is 19.0. The van der Waals surface area contributed by atoms with Gasteiger partial charge in [-0.25, -0.2) is 13.1 Å². The highest BCUT2D eigenvalue weighted by Gasteiger charge is 2.24. The molecule has 0 aliphatic heterocycles. The van der Waals surface area contributed by atoms with Gasteiger partial charge in [0.05, 0.1) is 19.0 Å². The van der Waals surface area contributed by atoms with E-state index in [4.69, 9.17) is 14.2 Å². The molecule has 1 fully saturated rings. The number of nitrogens with one attached hydrogen (secondary N) is 1. The van der Waals surface area contributed by atoms with Crippen molar-refractivity contribution in [3.8, 4) is 5.75 Å². The Balaban J connectivity index is 1.95. The van der Waals surface area contributed by atoms with Crippen molar-refractivity contribution >= 4 is 10.0 Å². The van der Waals surface area contributed by atoms with Crippen LogP contribution in [0.2, 0.25) is 0 Å². The van der Waals surface area contributed by atoms with Gasteiger partial charge in [0.2, 0.25) is 10.0 Å². The van der Waals surface area contributed by atoms with Crippen LogP contribution in [0.4, 0.5) is 0 Å². The third-order valence-corrected chi connectivity index (χ3v) is 5.72. The van der Waals surface area contributed by atoms with Crippen LogP contribution in [-0.2, 0) is 19.5 Å². The van der Waals surface area contributed by atoms with Gasteiger partial charge in [-0.1, -0.05) is 26.0 Å². The van der Waals surface area contributed by atoms with Crippen LogP contribution in [0.5, 0.6) is 5.75 Å². The fraction of sp³-hybridized carbons (Fsp3) is 0.684. The Hall–Kier alpha value is -1.15. The van der Waals surface area contributed by atoms with Crippen molar-refractivity contribution in [2.24, 2.45) is 11.8 Å². The van der Waals surface area contributed by atoms with E-state index >= 15 is 0 Å². The highest BCUT2D eigenvalue weighted by atomic mass is 32.2. The van der Waals surface area contributed by atoms with Crippen LogP contribution < -0.4 is 9.46 Å². The highest BCUT2D eigenvalue weighted by Crippen LogP contribution is 2.31. The largest absolute Gasteiger partial charge is 0.493 e. The molecule has 1 aliphatic rings. The standard InChI is InChI=1S/C19H31NO5S/c1-15(2)19(20-26(21,22)11-5-10-24-14-23-3)17-6-4-7-18(12-17)25-13-16-8-9-16/h4,6-7,12,15-16,19-20H,5,8-11,13-14H2,1-3H3. The highest BCUT2D eigenvalue weighted by molar-refractivity contribution is 7.89. The van der Waals surface area contributed by atoms with Gasteiger partial charge in [0.15, 0.2) is 0 Å². The zero-order valence-electron chi connectivity index (χ0n) is 15.9. The van der Waals surface area contributed by atoms with E-state index in [1.807, 2.05) is 38.1 Å².